The van der Waals surface area contributed by atoms with Gasteiger partial charge in [0.1, 0.15) is 5.75 Å². The van der Waals surface area contributed by atoms with Crippen LogP contribution in [-0.2, 0) is 6.42 Å². The molecule has 2 N–H and O–H groups in total. The molecule has 0 amide bonds. The molecule has 2 aromatic carbocycles. The number of ether oxygens (including phenoxy) is 1. The van der Waals surface area contributed by atoms with Gasteiger partial charge in [-0.1, -0.05) is 41.9 Å². The van der Waals surface area contributed by atoms with E-state index in [1.165, 1.54) is 5.56 Å². The van der Waals surface area contributed by atoms with E-state index >= 15 is 0 Å². The Hall–Kier alpha value is -1.51. The van der Waals surface area contributed by atoms with E-state index in [1.54, 1.807) is 7.11 Å². The van der Waals surface area contributed by atoms with Crippen molar-refractivity contribution >= 4 is 11.6 Å². The molecule has 0 spiro atoms. The molecule has 3 heteroatoms. The maximum absolute atomic E-state index is 6.31. The van der Waals surface area contributed by atoms with Crippen LogP contribution in [0.25, 0.3) is 0 Å². The van der Waals surface area contributed by atoms with Crippen LogP contribution in [0, 0.1) is 6.92 Å². The summed E-state index contributed by atoms with van der Waals surface area (Å²) in [4.78, 5) is 0. The third-order valence-corrected chi connectivity index (χ3v) is 4.04. The summed E-state index contributed by atoms with van der Waals surface area (Å²) >= 11 is 6.31. The summed E-state index contributed by atoms with van der Waals surface area (Å²) in [6, 6.07) is 14.1. The molecule has 0 aliphatic carbocycles. The molecule has 1 atom stereocenters. The zero-order valence-electron chi connectivity index (χ0n) is 11.9. The van der Waals surface area contributed by atoms with Crippen LogP contribution in [0.5, 0.6) is 5.75 Å². The van der Waals surface area contributed by atoms with Gasteiger partial charge < -0.3 is 10.5 Å². The van der Waals surface area contributed by atoms with Crippen LogP contribution in [0.3, 0.4) is 0 Å². The Morgan fingerprint density at radius 3 is 2.50 bits per heavy atom. The van der Waals surface area contributed by atoms with Crippen LogP contribution in [0.1, 0.15) is 29.2 Å². The van der Waals surface area contributed by atoms with E-state index in [-0.39, 0.29) is 6.04 Å². The number of rotatable bonds is 5. The molecule has 0 bridgehead atoms. The smallest absolute Gasteiger partial charge is 0.118 e. The first-order valence-electron chi connectivity index (χ1n) is 6.75. The average Bonchev–Trinajstić information content (AvgIpc) is 2.48. The van der Waals surface area contributed by atoms with Gasteiger partial charge in [0.25, 0.3) is 0 Å². The number of hydrogen-bond donors (Lipinski definition) is 1. The van der Waals surface area contributed by atoms with Crippen molar-refractivity contribution in [3.63, 3.8) is 0 Å². The molecule has 106 valence electrons. The SMILES string of the molecule is COc1ccc(CCC(N)c2cccc(C)c2Cl)cc1. The Bertz CT molecular complexity index is 566. The van der Waals surface area contributed by atoms with E-state index < -0.39 is 0 Å². The van der Waals surface area contributed by atoms with Crippen molar-refractivity contribution in [1.29, 1.82) is 0 Å². The summed E-state index contributed by atoms with van der Waals surface area (Å²) in [5, 5.41) is 0.787. The third-order valence-electron chi connectivity index (χ3n) is 3.52. The Morgan fingerprint density at radius 1 is 1.15 bits per heavy atom. The minimum Gasteiger partial charge on any atom is -0.497 e. The number of hydrogen-bond acceptors (Lipinski definition) is 2. The van der Waals surface area contributed by atoms with Gasteiger partial charge in [-0.2, -0.15) is 0 Å². The molecule has 0 saturated heterocycles. The highest BCUT2D eigenvalue weighted by molar-refractivity contribution is 6.32. The second-order valence-corrected chi connectivity index (χ2v) is 5.35. The van der Waals surface area contributed by atoms with Crippen molar-refractivity contribution in [3.05, 3.63) is 64.2 Å². The fourth-order valence-electron chi connectivity index (χ4n) is 2.23. The number of methoxy groups -OCH3 is 1. The molecule has 0 aromatic heterocycles. The molecule has 0 aliphatic heterocycles. The second kappa shape index (κ2) is 6.78. The summed E-state index contributed by atoms with van der Waals surface area (Å²) in [6.07, 6.45) is 1.80. The lowest BCUT2D eigenvalue weighted by atomic mass is 9.98. The first-order chi connectivity index (χ1) is 9.61. The van der Waals surface area contributed by atoms with Gasteiger partial charge in [-0.05, 0) is 48.6 Å². The monoisotopic (exact) mass is 289 g/mol. The van der Waals surface area contributed by atoms with Gasteiger partial charge in [-0.25, -0.2) is 0 Å². The number of nitrogens with two attached hydrogens (primary N) is 1. The lowest BCUT2D eigenvalue weighted by Crippen LogP contribution is -2.12. The largest absolute Gasteiger partial charge is 0.497 e. The number of benzene rings is 2. The fourth-order valence-corrected chi connectivity index (χ4v) is 2.49. The first kappa shape index (κ1) is 14.9. The molecule has 2 aromatic rings. The standard InChI is InChI=1S/C17H20ClNO/c1-12-4-3-5-15(17(12)18)16(19)11-8-13-6-9-14(20-2)10-7-13/h3-7,9-10,16H,8,11,19H2,1-2H3. The van der Waals surface area contributed by atoms with Crippen LogP contribution < -0.4 is 10.5 Å². The third kappa shape index (κ3) is 3.53. The summed E-state index contributed by atoms with van der Waals surface area (Å²) in [5.74, 6) is 0.875. The van der Waals surface area contributed by atoms with Gasteiger partial charge >= 0.3 is 0 Å². The van der Waals surface area contributed by atoms with Gasteiger partial charge in [0, 0.05) is 11.1 Å². The molecule has 1 unspecified atom stereocenters. The van der Waals surface area contributed by atoms with Crippen molar-refractivity contribution in [1.82, 2.24) is 0 Å². The Labute approximate surface area is 125 Å². The van der Waals surface area contributed by atoms with E-state index in [1.807, 2.05) is 37.3 Å². The Morgan fingerprint density at radius 2 is 1.85 bits per heavy atom. The lowest BCUT2D eigenvalue weighted by molar-refractivity contribution is 0.414. The first-order valence-corrected chi connectivity index (χ1v) is 7.13. The van der Waals surface area contributed by atoms with E-state index in [2.05, 4.69) is 12.1 Å². The maximum atomic E-state index is 6.31. The van der Waals surface area contributed by atoms with Crippen LogP contribution in [0.2, 0.25) is 5.02 Å². The lowest BCUT2D eigenvalue weighted by Gasteiger charge is -2.15. The second-order valence-electron chi connectivity index (χ2n) is 4.97. The molecule has 2 rings (SSSR count). The molecular formula is C17H20ClNO. The molecule has 0 saturated carbocycles. The van der Waals surface area contributed by atoms with E-state index in [0.717, 1.165) is 34.7 Å². The minimum absolute atomic E-state index is 0.0375. The molecule has 0 radical (unpaired) electrons. The number of aryl methyl sites for hydroxylation is 2. The van der Waals surface area contributed by atoms with Crippen molar-refractivity contribution in [2.45, 2.75) is 25.8 Å². The molecule has 2 nitrogen and oxygen atoms in total. The quantitative estimate of drug-likeness (QED) is 0.891. The van der Waals surface area contributed by atoms with Gasteiger partial charge in [-0.15, -0.1) is 0 Å². The van der Waals surface area contributed by atoms with Gasteiger partial charge in [0.05, 0.1) is 7.11 Å². The molecular weight excluding hydrogens is 270 g/mol. The van der Waals surface area contributed by atoms with Crippen LogP contribution >= 0.6 is 11.6 Å². The van der Waals surface area contributed by atoms with E-state index in [0.29, 0.717) is 0 Å². The predicted molar refractivity (Wildman–Crippen MR) is 84.4 cm³/mol. The summed E-state index contributed by atoms with van der Waals surface area (Å²) < 4.78 is 5.15. The average molecular weight is 290 g/mol. The molecule has 0 heterocycles. The zero-order chi connectivity index (χ0) is 14.5. The van der Waals surface area contributed by atoms with Gasteiger partial charge in [0.15, 0.2) is 0 Å². The van der Waals surface area contributed by atoms with Crippen LogP contribution in [0.4, 0.5) is 0 Å². The van der Waals surface area contributed by atoms with Gasteiger partial charge in [-0.3, -0.25) is 0 Å². The van der Waals surface area contributed by atoms with Gasteiger partial charge in [0.2, 0.25) is 0 Å². The normalized spacial score (nSPS) is 12.2. The fraction of sp³-hybridized carbons (Fsp3) is 0.294. The van der Waals surface area contributed by atoms with Crippen molar-refractivity contribution in [2.75, 3.05) is 7.11 Å². The highest BCUT2D eigenvalue weighted by Crippen LogP contribution is 2.27. The predicted octanol–water partition coefficient (Wildman–Crippen LogP) is 4.29. The minimum atomic E-state index is -0.0375. The number of halogens is 1. The summed E-state index contributed by atoms with van der Waals surface area (Å²) in [7, 11) is 1.67. The highest BCUT2D eigenvalue weighted by atomic mass is 35.5. The molecule has 0 aliphatic rings. The van der Waals surface area contributed by atoms with Crippen LogP contribution in [0.15, 0.2) is 42.5 Å². The van der Waals surface area contributed by atoms with E-state index in [9.17, 15) is 0 Å². The van der Waals surface area contributed by atoms with Crippen molar-refractivity contribution in [2.24, 2.45) is 5.73 Å². The maximum Gasteiger partial charge on any atom is 0.118 e. The van der Waals surface area contributed by atoms with Crippen molar-refractivity contribution in [3.8, 4) is 5.75 Å². The van der Waals surface area contributed by atoms with Crippen molar-refractivity contribution < 1.29 is 4.74 Å². The molecule has 0 fully saturated rings. The summed E-state index contributed by atoms with van der Waals surface area (Å²) in [6.45, 7) is 2.00. The Balaban J connectivity index is 2.00. The highest BCUT2D eigenvalue weighted by Gasteiger charge is 2.11. The molecule has 20 heavy (non-hydrogen) atoms. The zero-order valence-corrected chi connectivity index (χ0v) is 12.7. The van der Waals surface area contributed by atoms with E-state index in [4.69, 9.17) is 22.1 Å². The van der Waals surface area contributed by atoms with Crippen LogP contribution in [-0.4, -0.2) is 7.11 Å². The Kier molecular flexibility index (Phi) is 5.05. The topological polar surface area (TPSA) is 35.2 Å². The summed E-state index contributed by atoms with van der Waals surface area (Å²) in [5.41, 5.74) is 9.62.